The van der Waals surface area contributed by atoms with E-state index in [0.29, 0.717) is 12.8 Å². The first-order valence-corrected chi connectivity index (χ1v) is 6.61. The molecule has 21 heavy (non-hydrogen) atoms. The van der Waals surface area contributed by atoms with Crippen LogP contribution < -0.4 is 5.32 Å². The van der Waals surface area contributed by atoms with Crippen molar-refractivity contribution in [3.8, 4) is 6.07 Å². The van der Waals surface area contributed by atoms with Gasteiger partial charge in [-0.2, -0.15) is 5.26 Å². The van der Waals surface area contributed by atoms with Crippen molar-refractivity contribution in [1.82, 2.24) is 10.3 Å². The van der Waals surface area contributed by atoms with Gasteiger partial charge in [0, 0.05) is 24.4 Å². The molecule has 1 aromatic heterocycles. The number of pyridine rings is 1. The third kappa shape index (κ3) is 3.73. The van der Waals surface area contributed by atoms with Gasteiger partial charge in [-0.15, -0.1) is 0 Å². The summed E-state index contributed by atoms with van der Waals surface area (Å²) >= 11 is 0. The Kier molecular flexibility index (Phi) is 4.19. The fourth-order valence-electron chi connectivity index (χ4n) is 1.91. The predicted molar refractivity (Wildman–Crippen MR) is 71.2 cm³/mol. The number of carbonyl (C=O) groups is 1. The van der Waals surface area contributed by atoms with E-state index in [9.17, 15) is 13.6 Å². The largest absolute Gasteiger partial charge is 0.667 e. The maximum atomic E-state index is 13.9. The highest BCUT2D eigenvalue weighted by Gasteiger charge is 2.44. The van der Waals surface area contributed by atoms with Crippen LogP contribution in [0.15, 0.2) is 24.5 Å². The smallest absolute Gasteiger partial charge is 0.273 e. The summed E-state index contributed by atoms with van der Waals surface area (Å²) in [5.41, 5.74) is 6.59. The van der Waals surface area contributed by atoms with E-state index in [1.54, 1.807) is 0 Å². The first-order valence-electron chi connectivity index (χ1n) is 6.61. The van der Waals surface area contributed by atoms with Gasteiger partial charge in [0.1, 0.15) is 5.54 Å². The van der Waals surface area contributed by atoms with E-state index in [4.69, 9.17) is 11.0 Å². The lowest BCUT2D eigenvalue weighted by Crippen LogP contribution is -2.41. The Morgan fingerprint density at radius 1 is 1.52 bits per heavy atom. The first-order chi connectivity index (χ1) is 9.88. The molecule has 112 valence electrons. The first kappa shape index (κ1) is 15.3. The van der Waals surface area contributed by atoms with Crippen LogP contribution in [0.5, 0.6) is 0 Å². The minimum Gasteiger partial charge on any atom is -0.667 e. The van der Waals surface area contributed by atoms with Gasteiger partial charge in [0.2, 0.25) is 5.91 Å². The van der Waals surface area contributed by atoms with Crippen LogP contribution in [-0.4, -0.2) is 22.5 Å². The van der Waals surface area contributed by atoms with Gasteiger partial charge in [0.15, 0.2) is 0 Å². The van der Waals surface area contributed by atoms with Gasteiger partial charge in [-0.1, -0.05) is 12.5 Å². The maximum absolute atomic E-state index is 13.9. The number of alkyl halides is 2. The number of carbonyl (C=O) groups excluding carboxylic acids is 1. The summed E-state index contributed by atoms with van der Waals surface area (Å²) in [7, 11) is 0. The van der Waals surface area contributed by atoms with Crippen LogP contribution in [0.3, 0.4) is 0 Å². The lowest BCUT2D eigenvalue weighted by molar-refractivity contribution is -0.122. The third-order valence-corrected chi connectivity index (χ3v) is 3.49. The molecule has 1 aliphatic carbocycles. The Hall–Kier alpha value is -2.07. The lowest BCUT2D eigenvalue weighted by atomic mass is 10.0. The number of nitrogens with zero attached hydrogens (tertiary/aromatic N) is 2. The summed E-state index contributed by atoms with van der Waals surface area (Å²) in [6.07, 6.45) is 2.78. The van der Waals surface area contributed by atoms with E-state index in [1.165, 1.54) is 24.5 Å². The molecule has 1 saturated carbocycles. The number of aromatic nitrogens is 1. The van der Waals surface area contributed by atoms with Crippen molar-refractivity contribution in [2.45, 2.75) is 43.2 Å². The molecule has 1 fully saturated rings. The molecule has 0 unspecified atom stereocenters. The van der Waals surface area contributed by atoms with E-state index in [-0.39, 0.29) is 12.0 Å². The molecule has 7 heteroatoms. The Bertz CT molecular complexity index is 552. The van der Waals surface area contributed by atoms with Crippen molar-refractivity contribution in [2.75, 3.05) is 0 Å². The summed E-state index contributed by atoms with van der Waals surface area (Å²) in [6, 6.07) is 3.10. The Balaban J connectivity index is 1.87. The summed E-state index contributed by atoms with van der Waals surface area (Å²) in [5, 5.41) is 11.3. The molecule has 1 aromatic rings. The summed E-state index contributed by atoms with van der Waals surface area (Å²) in [4.78, 5) is 15.4. The average molecular weight is 293 g/mol. The van der Waals surface area contributed by atoms with Crippen LogP contribution in [0.4, 0.5) is 8.78 Å². The summed E-state index contributed by atoms with van der Waals surface area (Å²) in [6.45, 7) is 0. The zero-order valence-electron chi connectivity index (χ0n) is 11.3. The fourth-order valence-corrected chi connectivity index (χ4v) is 1.91. The molecule has 1 heterocycles. The number of nitrogens with one attached hydrogen (secondary N) is 2. The number of halogens is 2. The molecule has 1 amide bonds. The molecule has 1 atom stereocenters. The molecule has 0 aromatic carbocycles. The molecule has 5 nitrogen and oxygen atoms in total. The SMILES string of the molecule is N#CC1(NC(=O)[C@@H]([NH-])CCC(F)(F)c2ccncc2)CC1. The second kappa shape index (κ2) is 5.74. The van der Waals surface area contributed by atoms with Crippen molar-refractivity contribution < 1.29 is 13.6 Å². The molecule has 0 spiro atoms. The van der Waals surface area contributed by atoms with Crippen LogP contribution in [0.1, 0.15) is 31.2 Å². The van der Waals surface area contributed by atoms with Crippen molar-refractivity contribution in [3.05, 3.63) is 35.8 Å². The van der Waals surface area contributed by atoms with Crippen molar-refractivity contribution in [1.29, 1.82) is 5.26 Å². The van der Waals surface area contributed by atoms with Gasteiger partial charge < -0.3 is 11.1 Å². The molecule has 2 rings (SSSR count). The topological polar surface area (TPSA) is 89.6 Å². The fraction of sp³-hybridized carbons (Fsp3) is 0.500. The summed E-state index contributed by atoms with van der Waals surface area (Å²) < 4.78 is 27.8. The Labute approximate surface area is 121 Å². The van der Waals surface area contributed by atoms with Crippen LogP contribution in [0.2, 0.25) is 0 Å². The third-order valence-electron chi connectivity index (χ3n) is 3.49. The van der Waals surface area contributed by atoms with Crippen LogP contribution in [0.25, 0.3) is 5.73 Å². The van der Waals surface area contributed by atoms with E-state index in [2.05, 4.69) is 10.3 Å². The molecule has 0 bridgehead atoms. The van der Waals surface area contributed by atoms with Crippen molar-refractivity contribution >= 4 is 5.91 Å². The number of nitriles is 1. The molecule has 0 radical (unpaired) electrons. The number of rotatable bonds is 6. The van der Waals surface area contributed by atoms with Gasteiger partial charge in [-0.25, -0.2) is 8.78 Å². The molecule has 2 N–H and O–H groups in total. The van der Waals surface area contributed by atoms with E-state index in [0.717, 1.165) is 0 Å². The van der Waals surface area contributed by atoms with Crippen molar-refractivity contribution in [3.63, 3.8) is 0 Å². The molecular formula is C14H15F2N4O-. The molecule has 1 aliphatic rings. The highest BCUT2D eigenvalue weighted by molar-refractivity contribution is 5.84. The zero-order valence-corrected chi connectivity index (χ0v) is 11.3. The minimum absolute atomic E-state index is 0.180. The number of amides is 1. The van der Waals surface area contributed by atoms with Gasteiger partial charge in [-0.3, -0.25) is 9.78 Å². The Morgan fingerprint density at radius 3 is 2.67 bits per heavy atom. The maximum Gasteiger partial charge on any atom is 0.273 e. The second-order valence-corrected chi connectivity index (χ2v) is 5.21. The number of hydrogen-bond donors (Lipinski definition) is 1. The average Bonchev–Trinajstić information content (AvgIpc) is 3.26. The monoisotopic (exact) mass is 293 g/mol. The highest BCUT2D eigenvalue weighted by atomic mass is 19.3. The zero-order chi connectivity index (χ0) is 15.5. The Morgan fingerprint density at radius 2 is 2.14 bits per heavy atom. The number of hydrogen-bond acceptors (Lipinski definition) is 3. The minimum atomic E-state index is -3.10. The quantitative estimate of drug-likeness (QED) is 0.874. The standard InChI is InChI=1S/C14H15F2N4O/c15-14(16,10-2-7-19-8-3-10)4-1-11(18)12(21)20-13(9-17)5-6-13/h2-3,7-8,11,18H,1,4-6H2,(H,20,21)/q-1/t11-/m0/s1. The van der Waals surface area contributed by atoms with Gasteiger partial charge in [0.25, 0.3) is 5.92 Å². The van der Waals surface area contributed by atoms with Crippen LogP contribution in [-0.2, 0) is 10.7 Å². The normalized spacial score (nSPS) is 17.6. The molecule has 0 aliphatic heterocycles. The van der Waals surface area contributed by atoms with E-state index < -0.39 is 29.8 Å². The van der Waals surface area contributed by atoms with Crippen molar-refractivity contribution in [2.24, 2.45) is 0 Å². The lowest BCUT2D eigenvalue weighted by Gasteiger charge is -2.24. The van der Waals surface area contributed by atoms with Gasteiger partial charge in [0.05, 0.1) is 6.07 Å². The predicted octanol–water partition coefficient (Wildman–Crippen LogP) is 2.55. The second-order valence-electron chi connectivity index (χ2n) is 5.21. The molecular weight excluding hydrogens is 278 g/mol. The van der Waals surface area contributed by atoms with Crippen LogP contribution >= 0.6 is 0 Å². The van der Waals surface area contributed by atoms with E-state index >= 15 is 0 Å². The van der Waals surface area contributed by atoms with Gasteiger partial charge >= 0.3 is 0 Å². The van der Waals surface area contributed by atoms with Gasteiger partial charge in [-0.05, 0) is 25.0 Å². The van der Waals surface area contributed by atoms with E-state index in [1.807, 2.05) is 6.07 Å². The van der Waals surface area contributed by atoms with Crippen LogP contribution in [0, 0.1) is 11.3 Å². The molecule has 0 saturated heterocycles. The highest BCUT2D eigenvalue weighted by Crippen LogP contribution is 2.35. The summed E-state index contributed by atoms with van der Waals surface area (Å²) in [5.74, 6) is -3.77.